The zero-order valence-corrected chi connectivity index (χ0v) is 11.3. The first-order chi connectivity index (χ1) is 7.97. The molecular formula is C8H9Cl2N3O3S. The number of aromatic nitrogens is 1. The third-order valence-corrected chi connectivity index (χ3v) is 3.56. The maximum absolute atomic E-state index is 11.6. The maximum Gasteiger partial charge on any atom is 0.410 e. The maximum atomic E-state index is 11.6. The predicted octanol–water partition coefficient (Wildman–Crippen LogP) is 1.84. The van der Waals surface area contributed by atoms with Crippen LogP contribution in [0.3, 0.4) is 0 Å². The summed E-state index contributed by atoms with van der Waals surface area (Å²) in [6.45, 7) is -0.00262. The second kappa shape index (κ2) is 6.04. The van der Waals surface area contributed by atoms with Crippen LogP contribution in [0, 0.1) is 0 Å². The predicted molar refractivity (Wildman–Crippen MR) is 64.6 cm³/mol. The lowest BCUT2D eigenvalue weighted by atomic mass is 10.4. The van der Waals surface area contributed by atoms with Crippen LogP contribution >= 0.6 is 34.7 Å². The quantitative estimate of drug-likeness (QED) is 0.864. The second-order valence-corrected chi connectivity index (χ2v) is 4.46. The van der Waals surface area contributed by atoms with E-state index in [0.29, 0.717) is 0 Å². The fourth-order valence-corrected chi connectivity index (χ4v) is 2.02. The van der Waals surface area contributed by atoms with E-state index in [1.165, 1.54) is 19.1 Å². The first kappa shape index (κ1) is 14.0. The highest BCUT2D eigenvalue weighted by Crippen LogP contribution is 2.28. The summed E-state index contributed by atoms with van der Waals surface area (Å²) in [4.78, 5) is 24.1. The molecule has 9 heteroatoms. The number of carbonyl (C=O) groups is 2. The molecule has 17 heavy (non-hydrogen) atoms. The average molecular weight is 298 g/mol. The van der Waals surface area contributed by atoms with Crippen LogP contribution in [-0.4, -0.2) is 42.1 Å². The third-order valence-electron chi connectivity index (χ3n) is 1.77. The molecule has 0 atom stereocenters. The van der Waals surface area contributed by atoms with Gasteiger partial charge in [0.05, 0.1) is 13.8 Å². The minimum absolute atomic E-state index is 0.00262. The van der Waals surface area contributed by atoms with Crippen LogP contribution in [-0.2, 0) is 4.74 Å². The van der Waals surface area contributed by atoms with E-state index in [2.05, 4.69) is 14.4 Å². The highest BCUT2D eigenvalue weighted by Gasteiger charge is 2.18. The van der Waals surface area contributed by atoms with Gasteiger partial charge >= 0.3 is 6.09 Å². The number of nitrogens with one attached hydrogen (secondary N) is 1. The number of hydrogen-bond acceptors (Lipinski definition) is 5. The van der Waals surface area contributed by atoms with Crippen LogP contribution in [0.15, 0.2) is 0 Å². The van der Waals surface area contributed by atoms with E-state index in [1.54, 1.807) is 0 Å². The molecule has 0 aliphatic heterocycles. The van der Waals surface area contributed by atoms with Gasteiger partial charge in [-0.25, -0.2) is 4.79 Å². The van der Waals surface area contributed by atoms with E-state index in [-0.39, 0.29) is 21.7 Å². The van der Waals surface area contributed by atoms with Crippen molar-refractivity contribution >= 4 is 46.7 Å². The Kier molecular flexibility index (Phi) is 4.98. The normalized spacial score (nSPS) is 9.88. The molecule has 0 fully saturated rings. The Bertz CT molecular complexity index is 438. The molecule has 0 aliphatic carbocycles. The van der Waals surface area contributed by atoms with Gasteiger partial charge in [0.15, 0.2) is 5.15 Å². The van der Waals surface area contributed by atoms with Gasteiger partial charge in [-0.1, -0.05) is 23.2 Å². The fourth-order valence-electron chi connectivity index (χ4n) is 0.892. The van der Waals surface area contributed by atoms with Crippen LogP contribution in [0.5, 0.6) is 0 Å². The van der Waals surface area contributed by atoms with Gasteiger partial charge in [0, 0.05) is 7.05 Å². The number of methoxy groups -OCH3 is 1. The Morgan fingerprint density at radius 3 is 2.65 bits per heavy atom. The SMILES string of the molecule is COC(=O)N(C)CNC(=O)c1snc(Cl)c1Cl. The first-order valence-corrected chi connectivity index (χ1v) is 5.88. The molecule has 0 spiro atoms. The van der Waals surface area contributed by atoms with E-state index in [9.17, 15) is 9.59 Å². The standard InChI is InChI=1S/C8H9Cl2N3O3S/c1-13(8(15)16-2)3-11-7(14)5-4(9)6(10)12-17-5/h3H2,1-2H3,(H,11,14). The highest BCUT2D eigenvalue weighted by molar-refractivity contribution is 7.09. The Morgan fingerprint density at radius 2 is 2.18 bits per heavy atom. The van der Waals surface area contributed by atoms with Crippen molar-refractivity contribution < 1.29 is 14.3 Å². The topological polar surface area (TPSA) is 71.5 Å². The molecule has 0 saturated heterocycles. The van der Waals surface area contributed by atoms with Gasteiger partial charge in [0.1, 0.15) is 9.90 Å². The van der Waals surface area contributed by atoms with Crippen LogP contribution in [0.1, 0.15) is 9.67 Å². The summed E-state index contributed by atoms with van der Waals surface area (Å²) in [5.41, 5.74) is 0. The molecule has 6 nitrogen and oxygen atoms in total. The number of rotatable bonds is 3. The molecule has 2 amide bonds. The minimum Gasteiger partial charge on any atom is -0.453 e. The third kappa shape index (κ3) is 3.45. The van der Waals surface area contributed by atoms with Gasteiger partial charge in [0.2, 0.25) is 0 Å². The van der Waals surface area contributed by atoms with Crippen LogP contribution in [0.25, 0.3) is 0 Å². The molecule has 0 saturated carbocycles. The van der Waals surface area contributed by atoms with E-state index in [1.807, 2.05) is 0 Å². The minimum atomic E-state index is -0.557. The molecule has 1 aromatic rings. The molecule has 0 bridgehead atoms. The van der Waals surface area contributed by atoms with Gasteiger partial charge in [-0.15, -0.1) is 0 Å². The zero-order chi connectivity index (χ0) is 13.0. The van der Waals surface area contributed by atoms with Gasteiger partial charge in [-0.2, -0.15) is 4.37 Å². The van der Waals surface area contributed by atoms with E-state index in [0.717, 1.165) is 11.5 Å². The van der Waals surface area contributed by atoms with E-state index < -0.39 is 12.0 Å². The Labute approximate surface area is 112 Å². The largest absolute Gasteiger partial charge is 0.453 e. The smallest absolute Gasteiger partial charge is 0.410 e. The summed E-state index contributed by atoms with van der Waals surface area (Å²) in [7, 11) is 2.73. The van der Waals surface area contributed by atoms with Crippen molar-refractivity contribution in [1.82, 2.24) is 14.6 Å². The van der Waals surface area contributed by atoms with Crippen molar-refractivity contribution in [3.8, 4) is 0 Å². The lowest BCUT2D eigenvalue weighted by Gasteiger charge is -2.15. The summed E-state index contributed by atoms with van der Waals surface area (Å²) in [5, 5.41) is 2.67. The average Bonchev–Trinajstić information content (AvgIpc) is 2.65. The van der Waals surface area contributed by atoms with Gasteiger partial charge in [-0.3, -0.25) is 9.69 Å². The fraction of sp³-hybridized carbons (Fsp3) is 0.375. The first-order valence-electron chi connectivity index (χ1n) is 4.35. The number of halogens is 2. The van der Waals surface area contributed by atoms with Crippen molar-refractivity contribution in [1.29, 1.82) is 0 Å². The van der Waals surface area contributed by atoms with Crippen molar-refractivity contribution in [2.24, 2.45) is 0 Å². The number of hydrogen-bond donors (Lipinski definition) is 1. The summed E-state index contributed by atoms with van der Waals surface area (Å²) in [6, 6.07) is 0. The van der Waals surface area contributed by atoms with Crippen LogP contribution < -0.4 is 5.32 Å². The van der Waals surface area contributed by atoms with Crippen molar-refractivity contribution in [3.05, 3.63) is 15.1 Å². The lowest BCUT2D eigenvalue weighted by molar-refractivity contribution is 0.0921. The summed E-state index contributed by atoms with van der Waals surface area (Å²) >= 11 is 12.3. The van der Waals surface area contributed by atoms with Gasteiger partial charge in [0.25, 0.3) is 5.91 Å². The van der Waals surface area contributed by atoms with Crippen molar-refractivity contribution in [3.63, 3.8) is 0 Å². The van der Waals surface area contributed by atoms with Gasteiger partial charge in [-0.05, 0) is 11.5 Å². The molecule has 0 unspecified atom stereocenters. The number of ether oxygens (including phenoxy) is 1. The molecule has 0 radical (unpaired) electrons. The van der Waals surface area contributed by atoms with E-state index in [4.69, 9.17) is 23.2 Å². The summed E-state index contributed by atoms with van der Waals surface area (Å²) < 4.78 is 8.18. The van der Waals surface area contributed by atoms with Crippen molar-refractivity contribution in [2.45, 2.75) is 0 Å². The van der Waals surface area contributed by atoms with Crippen LogP contribution in [0.2, 0.25) is 10.2 Å². The number of carbonyl (C=O) groups excluding carboxylic acids is 2. The molecule has 1 rings (SSSR count). The van der Waals surface area contributed by atoms with Crippen LogP contribution in [0.4, 0.5) is 4.79 Å². The Hall–Kier alpha value is -1.05. The molecule has 0 aromatic carbocycles. The molecule has 0 aliphatic rings. The summed E-state index contributed by atoms with van der Waals surface area (Å²) in [5.74, 6) is -0.449. The van der Waals surface area contributed by atoms with E-state index >= 15 is 0 Å². The lowest BCUT2D eigenvalue weighted by Crippen LogP contribution is -2.38. The highest BCUT2D eigenvalue weighted by atomic mass is 35.5. The zero-order valence-electron chi connectivity index (χ0n) is 8.99. The number of nitrogens with zero attached hydrogens (tertiary/aromatic N) is 2. The summed E-state index contributed by atoms with van der Waals surface area (Å²) in [6.07, 6.45) is -0.557. The van der Waals surface area contributed by atoms with Gasteiger partial charge < -0.3 is 10.1 Å². The Morgan fingerprint density at radius 1 is 1.53 bits per heavy atom. The second-order valence-electron chi connectivity index (χ2n) is 2.95. The molecule has 1 heterocycles. The molecule has 1 N–H and O–H groups in total. The number of amides is 2. The Balaban J connectivity index is 2.56. The molecule has 1 aromatic heterocycles. The van der Waals surface area contributed by atoms with Crippen molar-refractivity contribution in [2.75, 3.05) is 20.8 Å². The molecular weight excluding hydrogens is 289 g/mol. The molecule has 94 valence electrons. The monoisotopic (exact) mass is 297 g/mol.